The van der Waals surface area contributed by atoms with E-state index in [2.05, 4.69) is 26.6 Å². The van der Waals surface area contributed by atoms with Crippen molar-refractivity contribution in [3.8, 4) is 0 Å². The Morgan fingerprint density at radius 3 is 1.82 bits per heavy atom. The zero-order valence-electron chi connectivity index (χ0n) is 30.1. The van der Waals surface area contributed by atoms with Gasteiger partial charge in [-0.05, 0) is 57.8 Å². The number of hydrogen-bond donors (Lipinski definition) is 10. The Labute approximate surface area is 297 Å². The van der Waals surface area contributed by atoms with Gasteiger partial charge in [0.25, 0.3) is 0 Å². The van der Waals surface area contributed by atoms with Crippen molar-refractivity contribution < 1.29 is 53.7 Å². The number of primary amides is 1. The fraction of sp³-hybridized carbons (Fsp3) is 0.750. The van der Waals surface area contributed by atoms with Crippen molar-refractivity contribution in [1.82, 2.24) is 31.5 Å². The number of rotatable bonds is 21. The Balaban J connectivity index is 3.09. The van der Waals surface area contributed by atoms with Crippen LogP contribution in [0, 0.1) is 11.8 Å². The largest absolute Gasteiger partial charge is 0.480 e. The molecule has 0 aromatic carbocycles. The van der Waals surface area contributed by atoms with Crippen LogP contribution in [0.15, 0.2) is 0 Å². The lowest BCUT2D eigenvalue weighted by Crippen LogP contribution is -2.60. The molecule has 51 heavy (non-hydrogen) atoms. The number of carboxylic acid groups (broad SMARTS) is 1. The summed E-state index contributed by atoms with van der Waals surface area (Å²) in [6, 6.07) is -8.95. The summed E-state index contributed by atoms with van der Waals surface area (Å²) in [7, 11) is 0. The fourth-order valence-electron chi connectivity index (χ4n) is 5.41. The minimum absolute atomic E-state index is 0.0808. The van der Waals surface area contributed by atoms with E-state index in [1.807, 2.05) is 0 Å². The van der Waals surface area contributed by atoms with Crippen LogP contribution >= 0.6 is 0 Å². The molecule has 1 saturated heterocycles. The minimum Gasteiger partial charge on any atom is -0.480 e. The molecule has 7 amide bonds. The summed E-state index contributed by atoms with van der Waals surface area (Å²) in [5.74, 6) is -7.12. The van der Waals surface area contributed by atoms with E-state index in [0.717, 1.165) is 0 Å². The van der Waals surface area contributed by atoms with E-state index >= 15 is 0 Å². The zero-order valence-corrected chi connectivity index (χ0v) is 30.1. The summed E-state index contributed by atoms with van der Waals surface area (Å²) in [5.41, 5.74) is 10.9. The third-order valence-corrected chi connectivity index (χ3v) is 8.14. The number of carbonyl (C=O) groups excluding carboxylic acids is 7. The molecule has 0 spiro atoms. The second-order valence-electron chi connectivity index (χ2n) is 13.7. The van der Waals surface area contributed by atoms with Crippen LogP contribution in [0.4, 0.5) is 0 Å². The maximum atomic E-state index is 13.5. The van der Waals surface area contributed by atoms with Crippen molar-refractivity contribution in [1.29, 1.82) is 0 Å². The minimum atomic E-state index is -1.56. The van der Waals surface area contributed by atoms with Gasteiger partial charge in [0.2, 0.25) is 41.4 Å². The number of nitrogens with two attached hydrogens (primary N) is 2. The molecule has 0 aromatic rings. The average Bonchev–Trinajstić information content (AvgIpc) is 3.53. The quantitative estimate of drug-likeness (QED) is 0.0552. The Kier molecular flexibility index (Phi) is 18.5. The van der Waals surface area contributed by atoms with Gasteiger partial charge in [-0.1, -0.05) is 27.7 Å². The van der Waals surface area contributed by atoms with Crippen molar-refractivity contribution in [2.45, 2.75) is 128 Å². The summed E-state index contributed by atoms with van der Waals surface area (Å²) in [5, 5.41) is 41.1. The number of aliphatic hydroxyl groups excluding tert-OH is 2. The molecular formula is C32H56N8O11. The highest BCUT2D eigenvalue weighted by Crippen LogP contribution is 2.19. The van der Waals surface area contributed by atoms with E-state index in [9.17, 15) is 53.7 Å². The number of amides is 7. The van der Waals surface area contributed by atoms with Gasteiger partial charge in [0.1, 0.15) is 42.3 Å². The van der Waals surface area contributed by atoms with Gasteiger partial charge in [-0.15, -0.1) is 0 Å². The Hall–Kier alpha value is -4.36. The Morgan fingerprint density at radius 2 is 1.31 bits per heavy atom. The van der Waals surface area contributed by atoms with E-state index in [1.54, 1.807) is 27.7 Å². The molecule has 0 aliphatic carbocycles. The van der Waals surface area contributed by atoms with Crippen molar-refractivity contribution >= 4 is 47.3 Å². The maximum absolute atomic E-state index is 13.5. The van der Waals surface area contributed by atoms with Crippen LogP contribution < -0.4 is 38.1 Å². The number of likely N-dealkylation sites (tertiary alicyclic amines) is 1. The van der Waals surface area contributed by atoms with Crippen molar-refractivity contribution in [3.63, 3.8) is 0 Å². The van der Waals surface area contributed by atoms with Crippen LogP contribution in [0.3, 0.4) is 0 Å². The molecule has 0 saturated carbocycles. The molecule has 1 aliphatic rings. The molecule has 19 nitrogen and oxygen atoms in total. The normalized spacial score (nSPS) is 18.4. The number of nitrogens with zero attached hydrogens (tertiary/aromatic N) is 1. The van der Waals surface area contributed by atoms with Gasteiger partial charge < -0.3 is 58.3 Å². The van der Waals surface area contributed by atoms with Crippen LogP contribution in [0.5, 0.6) is 0 Å². The second kappa shape index (κ2) is 21.1. The summed E-state index contributed by atoms with van der Waals surface area (Å²) in [6.45, 7) is 9.16. The molecule has 1 heterocycles. The van der Waals surface area contributed by atoms with E-state index in [0.29, 0.717) is 6.42 Å². The highest BCUT2D eigenvalue weighted by Gasteiger charge is 2.38. The van der Waals surface area contributed by atoms with Crippen LogP contribution in [0.1, 0.15) is 80.1 Å². The van der Waals surface area contributed by atoms with Gasteiger partial charge in [0.05, 0.1) is 12.7 Å². The van der Waals surface area contributed by atoms with Crippen molar-refractivity contribution in [2.75, 3.05) is 13.2 Å². The van der Waals surface area contributed by atoms with Crippen LogP contribution in [0.2, 0.25) is 0 Å². The topological polar surface area (TPSA) is 313 Å². The zero-order chi connectivity index (χ0) is 39.2. The molecule has 0 unspecified atom stereocenters. The molecule has 12 N–H and O–H groups in total. The van der Waals surface area contributed by atoms with E-state index < -0.39 is 102 Å². The van der Waals surface area contributed by atoms with Crippen LogP contribution in [0.25, 0.3) is 0 Å². The summed E-state index contributed by atoms with van der Waals surface area (Å²) < 4.78 is 0. The fourth-order valence-corrected chi connectivity index (χ4v) is 5.41. The molecule has 8 atom stereocenters. The van der Waals surface area contributed by atoms with E-state index in [-0.39, 0.29) is 50.5 Å². The number of aliphatic carboxylic acids is 1. The summed E-state index contributed by atoms with van der Waals surface area (Å²) in [4.78, 5) is 103. The van der Waals surface area contributed by atoms with Crippen molar-refractivity contribution in [2.24, 2.45) is 23.3 Å². The van der Waals surface area contributed by atoms with E-state index in [4.69, 9.17) is 11.5 Å². The molecule has 19 heteroatoms. The smallest absolute Gasteiger partial charge is 0.326 e. The SMILES string of the molecule is CC(C)C[C@H](NC(=O)[C@@H](NC(=O)[C@H](C)NC(=O)[C@H](CC(C)C)NC(=O)[C@H](CCC(N)=O)NC(=O)[C@@H]1CCCN1C(=O)[C@@H](N)CO)[C@@H](C)O)C(=O)O. The highest BCUT2D eigenvalue weighted by atomic mass is 16.4. The second-order valence-corrected chi connectivity index (χ2v) is 13.7. The first-order chi connectivity index (χ1) is 23.7. The molecule has 1 fully saturated rings. The van der Waals surface area contributed by atoms with Gasteiger partial charge in [-0.2, -0.15) is 0 Å². The van der Waals surface area contributed by atoms with E-state index in [1.165, 1.54) is 18.7 Å². The number of carboxylic acids is 1. The van der Waals surface area contributed by atoms with Crippen molar-refractivity contribution in [3.05, 3.63) is 0 Å². The van der Waals surface area contributed by atoms with Crippen LogP contribution in [-0.4, -0.2) is 129 Å². The third-order valence-electron chi connectivity index (χ3n) is 8.14. The number of hydrogen-bond acceptors (Lipinski definition) is 11. The number of aliphatic hydroxyl groups is 2. The van der Waals surface area contributed by atoms with Gasteiger partial charge in [0, 0.05) is 13.0 Å². The van der Waals surface area contributed by atoms with Gasteiger partial charge in [0.15, 0.2) is 0 Å². The highest BCUT2D eigenvalue weighted by molar-refractivity contribution is 5.97. The maximum Gasteiger partial charge on any atom is 0.326 e. The molecular weight excluding hydrogens is 672 g/mol. The molecule has 0 bridgehead atoms. The number of carbonyl (C=O) groups is 8. The van der Waals surface area contributed by atoms with Gasteiger partial charge >= 0.3 is 5.97 Å². The molecule has 1 rings (SSSR count). The first kappa shape index (κ1) is 44.7. The Morgan fingerprint density at radius 1 is 0.765 bits per heavy atom. The summed E-state index contributed by atoms with van der Waals surface area (Å²) >= 11 is 0. The lowest BCUT2D eigenvalue weighted by molar-refractivity contribution is -0.143. The van der Waals surface area contributed by atoms with Gasteiger partial charge in [-0.25, -0.2) is 4.79 Å². The Bertz CT molecular complexity index is 1260. The third kappa shape index (κ3) is 14.8. The standard InChI is InChI=1S/C32H56N8O11/c1-15(2)12-21(28(46)35-17(5)26(44)39-25(18(6)42)30(48)38-22(32(50)51)13-16(3)4)37-27(45)20(9-10-24(34)43)36-29(47)23-8-7-11-40(23)31(49)19(33)14-41/h15-23,25,41-42H,7-14,33H2,1-6H3,(H2,34,43)(H,35,46)(H,36,47)(H,37,45)(H,38,48)(H,39,44)(H,50,51)/t17-,18+,19-,20-,21-,22-,23-,25-/m0/s1. The first-order valence-corrected chi connectivity index (χ1v) is 17.1. The van der Waals surface area contributed by atoms with Crippen LogP contribution in [-0.2, 0) is 38.4 Å². The lowest BCUT2D eigenvalue weighted by atomic mass is 10.0. The first-order valence-electron chi connectivity index (χ1n) is 17.1. The monoisotopic (exact) mass is 728 g/mol. The molecule has 290 valence electrons. The predicted molar refractivity (Wildman–Crippen MR) is 182 cm³/mol. The molecule has 0 aromatic heterocycles. The van der Waals surface area contributed by atoms with Gasteiger partial charge in [-0.3, -0.25) is 33.6 Å². The predicted octanol–water partition coefficient (Wildman–Crippen LogP) is -3.44. The molecule has 1 aliphatic heterocycles. The summed E-state index contributed by atoms with van der Waals surface area (Å²) in [6.07, 6.45) is -1.07. The number of nitrogens with one attached hydrogen (secondary N) is 5. The lowest BCUT2D eigenvalue weighted by Gasteiger charge is -2.29. The molecule has 0 radical (unpaired) electrons. The average molecular weight is 729 g/mol.